The second kappa shape index (κ2) is 6.59. The molecule has 0 saturated carbocycles. The van der Waals surface area contributed by atoms with Gasteiger partial charge in [-0.3, -0.25) is 4.79 Å². The first kappa shape index (κ1) is 14.8. The number of hydrogen-bond donors (Lipinski definition) is 1. The Balaban J connectivity index is 2.39. The van der Waals surface area contributed by atoms with E-state index in [-0.39, 0.29) is 11.3 Å². The summed E-state index contributed by atoms with van der Waals surface area (Å²) in [7, 11) is 0. The van der Waals surface area contributed by atoms with Gasteiger partial charge in [0.25, 0.3) is 0 Å². The summed E-state index contributed by atoms with van der Waals surface area (Å²) in [5.41, 5.74) is 3.49. The highest BCUT2D eigenvalue weighted by Gasteiger charge is 2.14. The largest absolute Gasteiger partial charge is 0.272 e. The van der Waals surface area contributed by atoms with Crippen molar-refractivity contribution in [3.8, 4) is 0 Å². The maximum Gasteiger partial charge on any atom is 0.250 e. The lowest BCUT2D eigenvalue weighted by Crippen LogP contribution is -2.25. The van der Waals surface area contributed by atoms with E-state index in [0.717, 1.165) is 10.6 Å². The normalized spacial score (nSPS) is 12.3. The van der Waals surface area contributed by atoms with E-state index < -0.39 is 0 Å². The Labute approximate surface area is 113 Å². The lowest BCUT2D eigenvalue weighted by atomic mass is 9.91. The molecule has 1 rings (SSSR count). The van der Waals surface area contributed by atoms with Crippen LogP contribution in [-0.2, 0) is 4.79 Å². The first-order valence-corrected chi connectivity index (χ1v) is 6.89. The first-order chi connectivity index (χ1) is 8.39. The number of nitrogens with zero attached hydrogens (tertiary/aromatic N) is 1. The Morgan fingerprint density at radius 2 is 1.89 bits per heavy atom. The summed E-state index contributed by atoms with van der Waals surface area (Å²) in [5.74, 6) is 0.303. The molecule has 0 aliphatic rings. The van der Waals surface area contributed by atoms with E-state index in [1.165, 1.54) is 11.8 Å². The van der Waals surface area contributed by atoms with Crippen molar-refractivity contribution in [2.24, 2.45) is 10.5 Å². The zero-order chi connectivity index (χ0) is 13.6. The third-order valence-corrected chi connectivity index (χ3v) is 3.56. The Morgan fingerprint density at radius 1 is 1.28 bits per heavy atom. The summed E-state index contributed by atoms with van der Waals surface area (Å²) >= 11 is 1.51. The van der Waals surface area contributed by atoms with Crippen molar-refractivity contribution < 1.29 is 4.79 Å². The summed E-state index contributed by atoms with van der Waals surface area (Å²) in [5, 5.41) is 4.11. The zero-order valence-corrected chi connectivity index (χ0v) is 12.2. The van der Waals surface area contributed by atoms with E-state index in [1.54, 1.807) is 0 Å². The average molecular weight is 264 g/mol. The maximum absolute atomic E-state index is 11.6. The summed E-state index contributed by atoms with van der Waals surface area (Å²) in [4.78, 5) is 12.7. The van der Waals surface area contributed by atoms with Crippen molar-refractivity contribution in [1.29, 1.82) is 0 Å². The monoisotopic (exact) mass is 264 g/mol. The van der Waals surface area contributed by atoms with Crippen LogP contribution >= 0.6 is 11.8 Å². The van der Waals surface area contributed by atoms with Crippen LogP contribution in [0.2, 0.25) is 0 Å². The second-order valence-electron chi connectivity index (χ2n) is 5.08. The highest BCUT2D eigenvalue weighted by atomic mass is 32.2. The van der Waals surface area contributed by atoms with Crippen LogP contribution in [0.3, 0.4) is 0 Å². The third-order valence-electron chi connectivity index (χ3n) is 2.55. The van der Waals surface area contributed by atoms with Crippen LogP contribution in [0.4, 0.5) is 0 Å². The van der Waals surface area contributed by atoms with Crippen molar-refractivity contribution in [1.82, 2.24) is 5.43 Å². The molecule has 1 amide bonds. The minimum Gasteiger partial charge on any atom is -0.272 e. The molecule has 0 heterocycles. The standard InChI is InChI=1S/C14H20N2OS/c1-11(14(2,3)4)15-16-13(17)10-18-12-8-6-5-7-9-12/h5-9H,10H2,1-4H3,(H,16,17)/b15-11-. The average Bonchev–Trinajstić information content (AvgIpc) is 2.33. The van der Waals surface area contributed by atoms with Gasteiger partial charge in [0.1, 0.15) is 0 Å². The number of hydrogen-bond acceptors (Lipinski definition) is 3. The fourth-order valence-corrected chi connectivity index (χ4v) is 1.72. The number of carbonyl (C=O) groups excluding carboxylic acids is 1. The molecule has 1 aromatic rings. The number of thioether (sulfide) groups is 1. The summed E-state index contributed by atoms with van der Waals surface area (Å²) in [6.45, 7) is 8.12. The Bertz CT molecular complexity index is 421. The smallest absolute Gasteiger partial charge is 0.250 e. The number of nitrogens with one attached hydrogen (secondary N) is 1. The fourth-order valence-electron chi connectivity index (χ4n) is 1.01. The van der Waals surface area contributed by atoms with Crippen molar-refractivity contribution >= 4 is 23.4 Å². The SMILES string of the molecule is C/C(=N/NC(=O)CSc1ccccc1)C(C)(C)C. The first-order valence-electron chi connectivity index (χ1n) is 5.91. The molecular weight excluding hydrogens is 244 g/mol. The summed E-state index contributed by atoms with van der Waals surface area (Å²) in [6.07, 6.45) is 0. The Hall–Kier alpha value is -1.29. The molecule has 0 radical (unpaired) electrons. The molecule has 1 aromatic carbocycles. The molecule has 0 aromatic heterocycles. The van der Waals surface area contributed by atoms with Crippen molar-refractivity contribution in [2.75, 3.05) is 5.75 Å². The predicted octanol–water partition coefficient (Wildman–Crippen LogP) is 3.32. The van der Waals surface area contributed by atoms with Crippen LogP contribution in [0.25, 0.3) is 0 Å². The molecule has 0 unspecified atom stereocenters. The van der Waals surface area contributed by atoms with E-state index in [4.69, 9.17) is 0 Å². The summed E-state index contributed by atoms with van der Waals surface area (Å²) < 4.78 is 0. The lowest BCUT2D eigenvalue weighted by Gasteiger charge is -2.17. The minimum absolute atomic E-state index is 0.0140. The molecule has 4 heteroatoms. The fraction of sp³-hybridized carbons (Fsp3) is 0.429. The number of amides is 1. The van der Waals surface area contributed by atoms with E-state index in [2.05, 4.69) is 31.3 Å². The van der Waals surface area contributed by atoms with Crippen molar-refractivity contribution in [2.45, 2.75) is 32.6 Å². The van der Waals surface area contributed by atoms with Gasteiger partial charge in [0.15, 0.2) is 0 Å². The van der Waals surface area contributed by atoms with Crippen LogP contribution in [0.5, 0.6) is 0 Å². The number of rotatable bonds is 4. The summed E-state index contributed by atoms with van der Waals surface area (Å²) in [6, 6.07) is 9.86. The predicted molar refractivity (Wildman–Crippen MR) is 77.9 cm³/mol. The van der Waals surface area contributed by atoms with Crippen LogP contribution in [0.1, 0.15) is 27.7 Å². The third kappa shape index (κ3) is 5.36. The van der Waals surface area contributed by atoms with E-state index in [0.29, 0.717) is 5.75 Å². The second-order valence-corrected chi connectivity index (χ2v) is 6.13. The van der Waals surface area contributed by atoms with Crippen LogP contribution < -0.4 is 5.43 Å². The van der Waals surface area contributed by atoms with E-state index >= 15 is 0 Å². The molecule has 1 N–H and O–H groups in total. The van der Waals surface area contributed by atoms with Gasteiger partial charge in [-0.15, -0.1) is 11.8 Å². The van der Waals surface area contributed by atoms with Gasteiger partial charge < -0.3 is 0 Å². The maximum atomic E-state index is 11.6. The van der Waals surface area contributed by atoms with Gasteiger partial charge in [-0.05, 0) is 19.1 Å². The van der Waals surface area contributed by atoms with Gasteiger partial charge in [0.2, 0.25) is 5.91 Å². The molecule has 0 atom stereocenters. The van der Waals surface area contributed by atoms with Crippen molar-refractivity contribution in [3.05, 3.63) is 30.3 Å². The molecule has 3 nitrogen and oxygen atoms in total. The molecule has 0 saturated heterocycles. The highest BCUT2D eigenvalue weighted by molar-refractivity contribution is 8.00. The topological polar surface area (TPSA) is 41.5 Å². The minimum atomic E-state index is -0.0764. The molecule has 0 aliphatic heterocycles. The van der Waals surface area contributed by atoms with Crippen LogP contribution in [-0.4, -0.2) is 17.4 Å². The lowest BCUT2D eigenvalue weighted by molar-refractivity contribution is -0.118. The van der Waals surface area contributed by atoms with Crippen LogP contribution in [0.15, 0.2) is 40.3 Å². The van der Waals surface area contributed by atoms with Gasteiger partial charge in [-0.2, -0.15) is 5.10 Å². The molecule has 18 heavy (non-hydrogen) atoms. The van der Waals surface area contributed by atoms with Gasteiger partial charge in [-0.1, -0.05) is 39.0 Å². The Morgan fingerprint density at radius 3 is 2.44 bits per heavy atom. The van der Waals surface area contributed by atoms with Gasteiger partial charge in [0.05, 0.1) is 5.75 Å². The Kier molecular flexibility index (Phi) is 5.41. The number of hydrazone groups is 1. The molecule has 0 aliphatic carbocycles. The molecule has 0 spiro atoms. The number of benzene rings is 1. The van der Waals surface area contributed by atoms with Crippen molar-refractivity contribution in [3.63, 3.8) is 0 Å². The van der Waals surface area contributed by atoms with Gasteiger partial charge >= 0.3 is 0 Å². The zero-order valence-electron chi connectivity index (χ0n) is 11.4. The molecule has 0 bridgehead atoms. The van der Waals surface area contributed by atoms with E-state index in [1.807, 2.05) is 37.3 Å². The molecule has 98 valence electrons. The quantitative estimate of drug-likeness (QED) is 0.515. The van der Waals surface area contributed by atoms with Gasteiger partial charge in [0, 0.05) is 16.0 Å². The van der Waals surface area contributed by atoms with E-state index in [9.17, 15) is 4.79 Å². The van der Waals surface area contributed by atoms with Gasteiger partial charge in [-0.25, -0.2) is 5.43 Å². The number of carbonyl (C=O) groups is 1. The molecule has 0 fully saturated rings. The van der Waals surface area contributed by atoms with Crippen LogP contribution in [0, 0.1) is 5.41 Å². The molecular formula is C14H20N2OS. The highest BCUT2D eigenvalue weighted by Crippen LogP contribution is 2.17.